The number of fused-ring (bicyclic) bond motifs is 2. The summed E-state index contributed by atoms with van der Waals surface area (Å²) in [4.78, 5) is 11.2. The standard InChI is InChI=1S/C14H18N4O/c1-6-12-13(15-7-1)17-14(19-12)16-10-4-2-8-18-9-3-5-11(10)18/h1,6-7,10-11H,2-5,8-9H2,(H,15,16,17)/t10-,11-/m0/s1. The molecule has 2 atom stereocenters. The van der Waals surface area contributed by atoms with Gasteiger partial charge in [-0.15, -0.1) is 0 Å². The van der Waals surface area contributed by atoms with E-state index in [2.05, 4.69) is 20.2 Å². The number of rotatable bonds is 2. The number of hydrogen-bond acceptors (Lipinski definition) is 5. The number of oxazole rings is 1. The normalized spacial score (nSPS) is 27.6. The van der Waals surface area contributed by atoms with Crippen LogP contribution in [0.5, 0.6) is 0 Å². The summed E-state index contributed by atoms with van der Waals surface area (Å²) in [7, 11) is 0. The van der Waals surface area contributed by atoms with Gasteiger partial charge in [-0.2, -0.15) is 4.98 Å². The quantitative estimate of drug-likeness (QED) is 0.895. The zero-order valence-electron chi connectivity index (χ0n) is 10.9. The summed E-state index contributed by atoms with van der Waals surface area (Å²) < 4.78 is 5.72. The van der Waals surface area contributed by atoms with Crippen LogP contribution in [-0.2, 0) is 0 Å². The molecule has 5 nitrogen and oxygen atoms in total. The molecule has 100 valence electrons. The van der Waals surface area contributed by atoms with Crippen molar-refractivity contribution in [1.29, 1.82) is 0 Å². The maximum Gasteiger partial charge on any atom is 0.297 e. The second-order valence-electron chi connectivity index (χ2n) is 5.48. The Balaban J connectivity index is 1.56. The highest BCUT2D eigenvalue weighted by Crippen LogP contribution is 2.29. The molecule has 5 heteroatoms. The molecule has 19 heavy (non-hydrogen) atoms. The van der Waals surface area contributed by atoms with E-state index >= 15 is 0 Å². The van der Waals surface area contributed by atoms with E-state index in [1.165, 1.54) is 38.8 Å². The third-order valence-corrected chi connectivity index (χ3v) is 4.31. The van der Waals surface area contributed by atoms with Crippen molar-refractivity contribution in [2.75, 3.05) is 18.4 Å². The molecule has 2 aliphatic heterocycles. The first-order valence-corrected chi connectivity index (χ1v) is 7.12. The maximum atomic E-state index is 5.72. The van der Waals surface area contributed by atoms with Gasteiger partial charge in [0.1, 0.15) is 0 Å². The molecule has 2 fully saturated rings. The molecule has 0 bridgehead atoms. The van der Waals surface area contributed by atoms with Gasteiger partial charge in [0.05, 0.1) is 0 Å². The fourth-order valence-corrected chi connectivity index (χ4v) is 3.45. The Bertz CT molecular complexity index is 549. The molecule has 4 rings (SSSR count). The minimum atomic E-state index is 0.462. The van der Waals surface area contributed by atoms with Gasteiger partial charge in [-0.05, 0) is 50.9 Å². The maximum absolute atomic E-state index is 5.72. The molecule has 0 amide bonds. The number of nitrogens with zero attached hydrogens (tertiary/aromatic N) is 3. The molecule has 0 unspecified atom stereocenters. The van der Waals surface area contributed by atoms with Crippen molar-refractivity contribution in [3.8, 4) is 0 Å². The number of pyridine rings is 1. The Morgan fingerprint density at radius 1 is 1.26 bits per heavy atom. The van der Waals surface area contributed by atoms with Gasteiger partial charge < -0.3 is 9.73 Å². The molecule has 2 aliphatic rings. The van der Waals surface area contributed by atoms with E-state index in [1.54, 1.807) is 6.20 Å². The van der Waals surface area contributed by atoms with Gasteiger partial charge in [-0.25, -0.2) is 4.98 Å². The van der Waals surface area contributed by atoms with Crippen molar-refractivity contribution in [2.45, 2.75) is 37.8 Å². The summed E-state index contributed by atoms with van der Waals surface area (Å²) in [5.74, 6) is 0. The van der Waals surface area contributed by atoms with Crippen LogP contribution in [0.4, 0.5) is 6.01 Å². The Kier molecular flexibility index (Phi) is 2.65. The molecule has 0 aliphatic carbocycles. The minimum absolute atomic E-state index is 0.462. The van der Waals surface area contributed by atoms with Gasteiger partial charge in [0.15, 0.2) is 5.58 Å². The number of hydrogen-bond donors (Lipinski definition) is 1. The molecule has 1 N–H and O–H groups in total. The van der Waals surface area contributed by atoms with Gasteiger partial charge in [0.2, 0.25) is 5.65 Å². The second-order valence-corrected chi connectivity index (χ2v) is 5.48. The van der Waals surface area contributed by atoms with Gasteiger partial charge in [-0.1, -0.05) is 0 Å². The third kappa shape index (κ3) is 1.98. The summed E-state index contributed by atoms with van der Waals surface area (Å²) >= 11 is 0. The molecule has 2 saturated heterocycles. The zero-order chi connectivity index (χ0) is 12.7. The summed E-state index contributed by atoms with van der Waals surface area (Å²) in [6.07, 6.45) is 6.81. The number of aromatic nitrogens is 2. The number of anilines is 1. The Morgan fingerprint density at radius 2 is 2.16 bits per heavy atom. The van der Waals surface area contributed by atoms with Gasteiger partial charge in [0, 0.05) is 18.3 Å². The van der Waals surface area contributed by atoms with Crippen LogP contribution in [0.3, 0.4) is 0 Å². The molecule has 0 spiro atoms. The summed E-state index contributed by atoms with van der Waals surface area (Å²) in [6, 6.07) is 5.51. The first-order chi connectivity index (χ1) is 9.40. The highest BCUT2D eigenvalue weighted by molar-refractivity contribution is 5.69. The first-order valence-electron chi connectivity index (χ1n) is 7.12. The van der Waals surface area contributed by atoms with Gasteiger partial charge in [0.25, 0.3) is 6.01 Å². The molecular formula is C14H18N4O. The van der Waals surface area contributed by atoms with Crippen LogP contribution in [0.1, 0.15) is 25.7 Å². The van der Waals surface area contributed by atoms with Gasteiger partial charge >= 0.3 is 0 Å². The SMILES string of the molecule is c1cnc2nc(N[C@H]3CCCN4CCC[C@@H]34)oc2c1. The topological polar surface area (TPSA) is 54.2 Å². The monoisotopic (exact) mass is 258 g/mol. The lowest BCUT2D eigenvalue weighted by atomic mass is 9.97. The van der Waals surface area contributed by atoms with Crippen molar-refractivity contribution in [3.63, 3.8) is 0 Å². The van der Waals surface area contributed by atoms with Crippen molar-refractivity contribution in [2.24, 2.45) is 0 Å². The van der Waals surface area contributed by atoms with Crippen LogP contribution >= 0.6 is 0 Å². The predicted octanol–water partition coefficient (Wildman–Crippen LogP) is 2.26. The number of nitrogens with one attached hydrogen (secondary N) is 1. The van der Waals surface area contributed by atoms with Crippen LogP contribution < -0.4 is 5.32 Å². The van der Waals surface area contributed by atoms with Crippen molar-refractivity contribution in [3.05, 3.63) is 18.3 Å². The average Bonchev–Trinajstić information content (AvgIpc) is 3.04. The lowest BCUT2D eigenvalue weighted by Crippen LogP contribution is -2.47. The summed E-state index contributed by atoms with van der Waals surface area (Å²) in [6.45, 7) is 2.50. The Hall–Kier alpha value is -1.62. The predicted molar refractivity (Wildman–Crippen MR) is 73.0 cm³/mol. The van der Waals surface area contributed by atoms with E-state index < -0.39 is 0 Å². The minimum Gasteiger partial charge on any atom is -0.422 e. The van der Waals surface area contributed by atoms with E-state index in [4.69, 9.17) is 4.42 Å². The fourth-order valence-electron chi connectivity index (χ4n) is 3.45. The molecule has 4 heterocycles. The Morgan fingerprint density at radius 3 is 3.05 bits per heavy atom. The average molecular weight is 258 g/mol. The fraction of sp³-hybridized carbons (Fsp3) is 0.571. The first kappa shape index (κ1) is 11.2. The smallest absolute Gasteiger partial charge is 0.297 e. The molecule has 2 aromatic rings. The molecule has 0 aromatic carbocycles. The highest BCUT2D eigenvalue weighted by Gasteiger charge is 2.35. The van der Waals surface area contributed by atoms with Crippen molar-refractivity contribution >= 4 is 17.2 Å². The molecule has 0 saturated carbocycles. The summed E-state index contributed by atoms with van der Waals surface area (Å²) in [5.41, 5.74) is 1.44. The van der Waals surface area contributed by atoms with Crippen molar-refractivity contribution in [1.82, 2.24) is 14.9 Å². The van der Waals surface area contributed by atoms with E-state index in [9.17, 15) is 0 Å². The second kappa shape index (κ2) is 4.49. The molecular weight excluding hydrogens is 240 g/mol. The highest BCUT2D eigenvalue weighted by atomic mass is 16.4. The van der Waals surface area contributed by atoms with Crippen LogP contribution in [0.2, 0.25) is 0 Å². The largest absolute Gasteiger partial charge is 0.422 e. The zero-order valence-corrected chi connectivity index (χ0v) is 10.9. The Labute approximate surface area is 112 Å². The van der Waals surface area contributed by atoms with E-state index in [-0.39, 0.29) is 0 Å². The third-order valence-electron chi connectivity index (χ3n) is 4.31. The molecule has 0 radical (unpaired) electrons. The summed E-state index contributed by atoms with van der Waals surface area (Å²) in [5, 5.41) is 3.48. The lowest BCUT2D eigenvalue weighted by Gasteiger charge is -2.36. The van der Waals surface area contributed by atoms with E-state index in [0.29, 0.717) is 23.7 Å². The van der Waals surface area contributed by atoms with Crippen LogP contribution in [-0.4, -0.2) is 40.0 Å². The van der Waals surface area contributed by atoms with Crippen LogP contribution in [0.25, 0.3) is 11.2 Å². The van der Waals surface area contributed by atoms with E-state index in [1.807, 2.05) is 12.1 Å². The number of piperidine rings is 1. The van der Waals surface area contributed by atoms with Gasteiger partial charge in [-0.3, -0.25) is 4.90 Å². The molecule has 2 aromatic heterocycles. The van der Waals surface area contributed by atoms with Crippen LogP contribution in [0.15, 0.2) is 22.7 Å². The lowest BCUT2D eigenvalue weighted by molar-refractivity contribution is 0.181. The van der Waals surface area contributed by atoms with Crippen molar-refractivity contribution < 1.29 is 4.42 Å². The van der Waals surface area contributed by atoms with Crippen LogP contribution in [0, 0.1) is 0 Å². The van der Waals surface area contributed by atoms with E-state index in [0.717, 1.165) is 5.58 Å².